The summed E-state index contributed by atoms with van der Waals surface area (Å²) in [7, 11) is 0. The van der Waals surface area contributed by atoms with Gasteiger partial charge in [0, 0.05) is 42.2 Å². The maximum Gasteiger partial charge on any atom is 0.225 e. The predicted molar refractivity (Wildman–Crippen MR) is 111 cm³/mol. The van der Waals surface area contributed by atoms with Gasteiger partial charge in [-0.1, -0.05) is 11.2 Å². The number of carbonyl (C=O) groups excluding carboxylic acids is 1. The van der Waals surface area contributed by atoms with Crippen molar-refractivity contribution in [1.29, 1.82) is 0 Å². The molecule has 0 saturated heterocycles. The van der Waals surface area contributed by atoms with Gasteiger partial charge in [0.2, 0.25) is 5.91 Å². The fourth-order valence-electron chi connectivity index (χ4n) is 3.09. The molecule has 30 heavy (non-hydrogen) atoms. The molecule has 0 bridgehead atoms. The highest BCUT2D eigenvalue weighted by Gasteiger charge is 2.14. The summed E-state index contributed by atoms with van der Waals surface area (Å²) in [4.78, 5) is 30.1. The van der Waals surface area contributed by atoms with E-state index in [4.69, 9.17) is 4.52 Å². The molecule has 0 saturated carbocycles. The van der Waals surface area contributed by atoms with E-state index in [-0.39, 0.29) is 12.3 Å². The summed E-state index contributed by atoms with van der Waals surface area (Å²) in [6, 6.07) is 11.0. The molecule has 0 spiro atoms. The van der Waals surface area contributed by atoms with Crippen LogP contribution < -0.4 is 5.32 Å². The Balaban J connectivity index is 1.59. The van der Waals surface area contributed by atoms with Crippen molar-refractivity contribution < 1.29 is 9.32 Å². The molecule has 0 atom stereocenters. The van der Waals surface area contributed by atoms with Crippen LogP contribution in [0.5, 0.6) is 0 Å². The van der Waals surface area contributed by atoms with E-state index in [0.717, 1.165) is 22.6 Å². The highest BCUT2D eigenvalue weighted by molar-refractivity contribution is 5.90. The average Bonchev–Trinajstić information content (AvgIpc) is 3.10. The molecule has 0 radical (unpaired) electrons. The molecule has 1 N–H and O–H groups in total. The lowest BCUT2D eigenvalue weighted by Gasteiger charge is -2.09. The number of rotatable bonds is 6. The van der Waals surface area contributed by atoms with Gasteiger partial charge in [-0.2, -0.15) is 0 Å². The Hall–Kier alpha value is -3.94. The van der Waals surface area contributed by atoms with Gasteiger partial charge >= 0.3 is 0 Å². The molecular weight excluding hydrogens is 380 g/mol. The van der Waals surface area contributed by atoms with Crippen LogP contribution in [0, 0.1) is 13.8 Å². The van der Waals surface area contributed by atoms with E-state index in [2.05, 4.69) is 30.4 Å². The number of aryl methyl sites for hydroxylation is 2. The van der Waals surface area contributed by atoms with Crippen LogP contribution in [0.2, 0.25) is 0 Å². The first kappa shape index (κ1) is 19.4. The summed E-state index contributed by atoms with van der Waals surface area (Å²) in [6.45, 7) is 3.71. The van der Waals surface area contributed by atoms with E-state index in [1.165, 1.54) is 0 Å². The summed E-state index contributed by atoms with van der Waals surface area (Å²) in [5.74, 6) is 1.42. The van der Waals surface area contributed by atoms with Gasteiger partial charge in [-0.25, -0.2) is 9.97 Å². The Kier molecular flexibility index (Phi) is 5.56. The zero-order valence-electron chi connectivity index (χ0n) is 16.7. The van der Waals surface area contributed by atoms with Gasteiger partial charge < -0.3 is 9.84 Å². The van der Waals surface area contributed by atoms with E-state index < -0.39 is 0 Å². The van der Waals surface area contributed by atoms with Gasteiger partial charge in [0.15, 0.2) is 5.82 Å². The Morgan fingerprint density at radius 1 is 1.07 bits per heavy atom. The number of pyridine rings is 2. The molecule has 4 aromatic heterocycles. The molecule has 0 aliphatic heterocycles. The second-order valence-corrected chi connectivity index (χ2v) is 6.77. The lowest BCUT2D eigenvalue weighted by atomic mass is 10.1. The summed E-state index contributed by atoms with van der Waals surface area (Å²) in [5, 5.41) is 6.80. The summed E-state index contributed by atoms with van der Waals surface area (Å²) < 4.78 is 5.16. The molecule has 0 aliphatic carbocycles. The van der Waals surface area contributed by atoms with Crippen molar-refractivity contribution in [3.63, 3.8) is 0 Å². The molecule has 1 amide bonds. The van der Waals surface area contributed by atoms with Crippen molar-refractivity contribution in [1.82, 2.24) is 25.1 Å². The third-order valence-electron chi connectivity index (χ3n) is 4.63. The van der Waals surface area contributed by atoms with Crippen molar-refractivity contribution in [3.8, 4) is 22.8 Å². The Labute approximate surface area is 173 Å². The van der Waals surface area contributed by atoms with Crippen LogP contribution in [0.1, 0.15) is 23.4 Å². The molecule has 0 aromatic carbocycles. The number of nitrogens with one attached hydrogen (secondary N) is 1. The molecule has 0 unspecified atom stereocenters. The third kappa shape index (κ3) is 4.38. The second-order valence-electron chi connectivity index (χ2n) is 6.77. The fourth-order valence-corrected chi connectivity index (χ4v) is 3.09. The van der Waals surface area contributed by atoms with Gasteiger partial charge in [-0.05, 0) is 44.5 Å². The fraction of sp³-hybridized carbons (Fsp3) is 0.182. The lowest BCUT2D eigenvalue weighted by Crippen LogP contribution is -2.14. The van der Waals surface area contributed by atoms with E-state index in [0.29, 0.717) is 29.5 Å². The Bertz CT molecular complexity index is 1080. The minimum absolute atomic E-state index is 0.155. The summed E-state index contributed by atoms with van der Waals surface area (Å²) >= 11 is 0. The smallest absolute Gasteiger partial charge is 0.225 e. The minimum atomic E-state index is -0.155. The quantitative estimate of drug-likeness (QED) is 0.525. The number of carbonyl (C=O) groups is 1. The molecule has 4 heterocycles. The molecule has 150 valence electrons. The topological polar surface area (TPSA) is 107 Å². The molecule has 4 rings (SSSR count). The first-order valence-corrected chi connectivity index (χ1v) is 9.52. The summed E-state index contributed by atoms with van der Waals surface area (Å²) in [6.07, 6.45) is 5.92. The highest BCUT2D eigenvalue weighted by Crippen LogP contribution is 2.23. The van der Waals surface area contributed by atoms with Gasteiger partial charge in [-0.3, -0.25) is 14.8 Å². The van der Waals surface area contributed by atoms with Crippen LogP contribution in [-0.2, 0) is 11.2 Å². The van der Waals surface area contributed by atoms with Gasteiger partial charge in [-0.15, -0.1) is 0 Å². The number of anilines is 1. The number of hydrogen-bond acceptors (Lipinski definition) is 7. The SMILES string of the molecule is Cc1noc(C)c1CCC(=O)Nc1cc(-c2cccnc2)nc(-c2ccccn2)n1. The van der Waals surface area contributed by atoms with Crippen LogP contribution in [-0.4, -0.2) is 31.0 Å². The molecule has 0 fully saturated rings. The number of hydrogen-bond donors (Lipinski definition) is 1. The van der Waals surface area contributed by atoms with Crippen LogP contribution >= 0.6 is 0 Å². The third-order valence-corrected chi connectivity index (χ3v) is 4.63. The zero-order valence-corrected chi connectivity index (χ0v) is 16.7. The normalized spacial score (nSPS) is 10.7. The van der Waals surface area contributed by atoms with Crippen LogP contribution in [0.3, 0.4) is 0 Å². The lowest BCUT2D eigenvalue weighted by molar-refractivity contribution is -0.116. The van der Waals surface area contributed by atoms with E-state index in [1.807, 2.05) is 44.2 Å². The number of nitrogens with zero attached hydrogens (tertiary/aromatic N) is 5. The van der Waals surface area contributed by atoms with E-state index >= 15 is 0 Å². The Morgan fingerprint density at radius 2 is 1.97 bits per heavy atom. The van der Waals surface area contributed by atoms with Crippen LogP contribution in [0.25, 0.3) is 22.8 Å². The van der Waals surface area contributed by atoms with Crippen molar-refractivity contribution >= 4 is 11.7 Å². The molecular formula is C22H20N6O2. The predicted octanol–water partition coefficient (Wildman–Crippen LogP) is 3.78. The number of aromatic nitrogens is 5. The maximum absolute atomic E-state index is 12.6. The van der Waals surface area contributed by atoms with Crippen LogP contribution in [0.15, 0.2) is 59.5 Å². The monoisotopic (exact) mass is 400 g/mol. The zero-order chi connectivity index (χ0) is 20.9. The van der Waals surface area contributed by atoms with Gasteiger partial charge in [0.25, 0.3) is 0 Å². The second kappa shape index (κ2) is 8.60. The van der Waals surface area contributed by atoms with Crippen molar-refractivity contribution in [2.45, 2.75) is 26.7 Å². The molecule has 8 nitrogen and oxygen atoms in total. The Morgan fingerprint density at radius 3 is 2.67 bits per heavy atom. The minimum Gasteiger partial charge on any atom is -0.361 e. The maximum atomic E-state index is 12.6. The molecule has 8 heteroatoms. The van der Waals surface area contributed by atoms with Crippen molar-refractivity contribution in [2.75, 3.05) is 5.32 Å². The van der Waals surface area contributed by atoms with Gasteiger partial charge in [0.05, 0.1) is 11.4 Å². The highest BCUT2D eigenvalue weighted by atomic mass is 16.5. The number of amides is 1. The van der Waals surface area contributed by atoms with E-state index in [9.17, 15) is 4.79 Å². The van der Waals surface area contributed by atoms with Crippen LogP contribution in [0.4, 0.5) is 5.82 Å². The standard InChI is InChI=1S/C22H20N6O2/c1-14-17(15(2)30-28-14)8-9-21(29)26-20-12-19(16-6-5-10-23-13-16)25-22(27-20)18-7-3-4-11-24-18/h3-7,10-13H,8-9H2,1-2H3,(H,25,26,27,29). The van der Waals surface area contributed by atoms with Crippen molar-refractivity contribution in [3.05, 3.63) is 72.0 Å². The first-order chi connectivity index (χ1) is 14.6. The average molecular weight is 400 g/mol. The summed E-state index contributed by atoms with van der Waals surface area (Å²) in [5.41, 5.74) is 3.86. The first-order valence-electron chi connectivity index (χ1n) is 9.52. The van der Waals surface area contributed by atoms with Crippen molar-refractivity contribution in [2.24, 2.45) is 0 Å². The molecule has 0 aliphatic rings. The molecule has 4 aromatic rings. The van der Waals surface area contributed by atoms with Gasteiger partial charge in [0.1, 0.15) is 17.3 Å². The largest absolute Gasteiger partial charge is 0.361 e. The van der Waals surface area contributed by atoms with E-state index in [1.54, 1.807) is 24.7 Å².